The molecule has 3 nitrogen and oxygen atoms in total. The van der Waals surface area contributed by atoms with Crippen LogP contribution in [-0.4, -0.2) is 36.4 Å². The van der Waals surface area contributed by atoms with Crippen LogP contribution in [-0.2, 0) is 0 Å². The summed E-state index contributed by atoms with van der Waals surface area (Å²) in [7, 11) is 1.73. The summed E-state index contributed by atoms with van der Waals surface area (Å²) < 4.78 is 28.3. The first-order valence-corrected chi connectivity index (χ1v) is 6.83. The molecular weight excluding hydrogens is 288 g/mol. The normalized spacial score (nSPS) is 21.4. The number of alkyl halides is 3. The molecule has 1 amide bonds. The molecule has 1 aliphatic rings. The Morgan fingerprint density at radius 2 is 2.00 bits per heavy atom. The Balaban J connectivity index is 1.91. The smallest absolute Gasteiger partial charge is 0.387 e. The summed E-state index contributed by atoms with van der Waals surface area (Å²) in [6, 6.07) is 5.71. The van der Waals surface area contributed by atoms with Crippen LogP contribution in [0.5, 0.6) is 5.75 Å². The van der Waals surface area contributed by atoms with E-state index in [9.17, 15) is 13.6 Å². The molecule has 6 heteroatoms. The van der Waals surface area contributed by atoms with E-state index in [1.807, 2.05) is 0 Å². The highest BCUT2D eigenvalue weighted by Gasteiger charge is 2.29. The molecule has 0 aromatic heterocycles. The predicted molar refractivity (Wildman–Crippen MR) is 72.4 cm³/mol. The van der Waals surface area contributed by atoms with Gasteiger partial charge in [-0.25, -0.2) is 0 Å². The Labute approximate surface area is 121 Å². The van der Waals surface area contributed by atoms with Crippen LogP contribution >= 0.6 is 11.6 Å². The summed E-state index contributed by atoms with van der Waals surface area (Å²) >= 11 is 5.90. The number of hydrogen-bond acceptors (Lipinski definition) is 2. The van der Waals surface area contributed by atoms with Crippen LogP contribution in [0.1, 0.15) is 23.2 Å². The summed E-state index contributed by atoms with van der Waals surface area (Å²) in [5.41, 5.74) is 0.455. The fourth-order valence-electron chi connectivity index (χ4n) is 2.27. The number of hydrogen-bond donors (Lipinski definition) is 0. The molecule has 0 aliphatic heterocycles. The molecule has 1 aromatic carbocycles. The van der Waals surface area contributed by atoms with Crippen molar-refractivity contribution in [1.82, 2.24) is 4.90 Å². The molecule has 0 atom stereocenters. The molecule has 0 bridgehead atoms. The molecule has 1 aliphatic carbocycles. The number of benzene rings is 1. The van der Waals surface area contributed by atoms with Gasteiger partial charge in [0.05, 0.1) is 0 Å². The number of rotatable bonds is 5. The topological polar surface area (TPSA) is 29.5 Å². The summed E-state index contributed by atoms with van der Waals surface area (Å²) in [6.07, 6.45) is 1.86. The highest BCUT2D eigenvalue weighted by atomic mass is 35.5. The average molecular weight is 304 g/mol. The Morgan fingerprint density at radius 3 is 2.50 bits per heavy atom. The maximum absolute atomic E-state index is 12.1. The molecule has 0 heterocycles. The lowest BCUT2D eigenvalue weighted by Gasteiger charge is -2.34. The van der Waals surface area contributed by atoms with E-state index in [2.05, 4.69) is 4.74 Å². The van der Waals surface area contributed by atoms with Crippen LogP contribution in [0.25, 0.3) is 0 Å². The van der Waals surface area contributed by atoms with E-state index in [1.54, 1.807) is 11.9 Å². The van der Waals surface area contributed by atoms with Crippen molar-refractivity contribution >= 4 is 17.5 Å². The van der Waals surface area contributed by atoms with E-state index in [1.165, 1.54) is 24.3 Å². The van der Waals surface area contributed by atoms with Crippen LogP contribution in [0.15, 0.2) is 24.3 Å². The van der Waals surface area contributed by atoms with Crippen LogP contribution in [0.4, 0.5) is 8.78 Å². The molecule has 20 heavy (non-hydrogen) atoms. The first-order chi connectivity index (χ1) is 9.45. The Morgan fingerprint density at radius 1 is 1.40 bits per heavy atom. The zero-order valence-corrected chi connectivity index (χ0v) is 11.8. The fraction of sp³-hybridized carbons (Fsp3) is 0.500. The third-order valence-corrected chi connectivity index (χ3v) is 3.74. The monoisotopic (exact) mass is 303 g/mol. The molecule has 0 N–H and O–H groups in total. The molecule has 0 unspecified atom stereocenters. The number of ether oxygens (including phenoxy) is 1. The molecule has 0 radical (unpaired) electrons. The lowest BCUT2D eigenvalue weighted by Crippen LogP contribution is -2.37. The van der Waals surface area contributed by atoms with Gasteiger partial charge in [-0.2, -0.15) is 8.78 Å². The second-order valence-corrected chi connectivity index (χ2v) is 5.64. The highest BCUT2D eigenvalue weighted by molar-refractivity contribution is 6.21. The largest absolute Gasteiger partial charge is 0.435 e. The number of carbonyl (C=O) groups excluding carboxylic acids is 1. The van der Waals surface area contributed by atoms with Gasteiger partial charge in [0.2, 0.25) is 0 Å². The van der Waals surface area contributed by atoms with Crippen molar-refractivity contribution in [3.8, 4) is 5.75 Å². The van der Waals surface area contributed by atoms with Gasteiger partial charge in [-0.05, 0) is 43.0 Å². The summed E-state index contributed by atoms with van der Waals surface area (Å²) in [5, 5.41) is 0.231. The van der Waals surface area contributed by atoms with Gasteiger partial charge in [-0.1, -0.05) is 0 Å². The Bertz CT molecular complexity index is 461. The molecule has 1 fully saturated rings. The number of carbonyl (C=O) groups is 1. The van der Waals surface area contributed by atoms with E-state index < -0.39 is 6.61 Å². The van der Waals surface area contributed by atoms with Gasteiger partial charge < -0.3 is 9.64 Å². The van der Waals surface area contributed by atoms with Crippen molar-refractivity contribution in [3.63, 3.8) is 0 Å². The van der Waals surface area contributed by atoms with Crippen molar-refractivity contribution in [2.75, 3.05) is 13.6 Å². The molecular formula is C14H16ClF2NO2. The van der Waals surface area contributed by atoms with Crippen LogP contribution in [0.3, 0.4) is 0 Å². The van der Waals surface area contributed by atoms with Crippen molar-refractivity contribution < 1.29 is 18.3 Å². The SMILES string of the molecule is CN(CC1CC(Cl)C1)C(=O)c1ccc(OC(F)F)cc1. The van der Waals surface area contributed by atoms with Crippen LogP contribution in [0, 0.1) is 5.92 Å². The molecule has 0 saturated heterocycles. The second-order valence-electron chi connectivity index (χ2n) is 5.02. The van der Waals surface area contributed by atoms with Gasteiger partial charge in [0.1, 0.15) is 5.75 Å². The van der Waals surface area contributed by atoms with E-state index in [-0.39, 0.29) is 17.0 Å². The summed E-state index contributed by atoms with van der Waals surface area (Å²) in [5.74, 6) is 0.364. The van der Waals surface area contributed by atoms with Gasteiger partial charge in [0.25, 0.3) is 5.91 Å². The predicted octanol–water partition coefficient (Wildman–Crippen LogP) is 3.38. The third kappa shape index (κ3) is 3.82. The van der Waals surface area contributed by atoms with Gasteiger partial charge in [-0.15, -0.1) is 11.6 Å². The minimum absolute atomic E-state index is 0.0446. The maximum atomic E-state index is 12.1. The Hall–Kier alpha value is -1.36. The first kappa shape index (κ1) is 15.0. The van der Waals surface area contributed by atoms with E-state index in [0.717, 1.165) is 12.8 Å². The summed E-state index contributed by atoms with van der Waals surface area (Å²) in [4.78, 5) is 13.8. The molecule has 0 spiro atoms. The lowest BCUT2D eigenvalue weighted by atomic mass is 9.84. The van der Waals surface area contributed by atoms with E-state index >= 15 is 0 Å². The molecule has 1 saturated carbocycles. The van der Waals surface area contributed by atoms with Crippen molar-refractivity contribution in [1.29, 1.82) is 0 Å². The lowest BCUT2D eigenvalue weighted by molar-refractivity contribution is -0.0498. The molecule has 1 aromatic rings. The molecule has 2 rings (SSSR count). The third-order valence-electron chi connectivity index (χ3n) is 3.38. The number of halogens is 3. The van der Waals surface area contributed by atoms with E-state index in [4.69, 9.17) is 11.6 Å². The minimum Gasteiger partial charge on any atom is -0.435 e. The van der Waals surface area contributed by atoms with Gasteiger partial charge in [0.15, 0.2) is 0 Å². The molecule has 110 valence electrons. The summed E-state index contributed by atoms with van der Waals surface area (Å²) in [6.45, 7) is -2.20. The number of nitrogens with zero attached hydrogens (tertiary/aromatic N) is 1. The first-order valence-electron chi connectivity index (χ1n) is 6.40. The van der Waals surface area contributed by atoms with Crippen molar-refractivity contribution in [3.05, 3.63) is 29.8 Å². The number of amides is 1. The highest BCUT2D eigenvalue weighted by Crippen LogP contribution is 2.32. The van der Waals surface area contributed by atoms with Gasteiger partial charge in [0, 0.05) is 24.5 Å². The second kappa shape index (κ2) is 6.39. The fourth-order valence-corrected chi connectivity index (χ4v) is 2.78. The Kier molecular flexibility index (Phi) is 4.81. The zero-order chi connectivity index (χ0) is 14.7. The standard InChI is InChI=1S/C14H16ClF2NO2/c1-18(8-9-6-11(15)7-9)13(19)10-2-4-12(5-3-10)20-14(16)17/h2-5,9,11,14H,6-8H2,1H3. The quantitative estimate of drug-likeness (QED) is 0.781. The zero-order valence-electron chi connectivity index (χ0n) is 11.1. The van der Waals surface area contributed by atoms with Crippen LogP contribution < -0.4 is 4.74 Å². The van der Waals surface area contributed by atoms with Gasteiger partial charge in [-0.3, -0.25) is 4.79 Å². The van der Waals surface area contributed by atoms with Crippen molar-refractivity contribution in [2.45, 2.75) is 24.8 Å². The maximum Gasteiger partial charge on any atom is 0.387 e. The van der Waals surface area contributed by atoms with E-state index in [0.29, 0.717) is 18.0 Å². The minimum atomic E-state index is -2.86. The van der Waals surface area contributed by atoms with Crippen LogP contribution in [0.2, 0.25) is 0 Å². The average Bonchev–Trinajstić information content (AvgIpc) is 2.36. The van der Waals surface area contributed by atoms with Crippen molar-refractivity contribution in [2.24, 2.45) is 5.92 Å². The van der Waals surface area contributed by atoms with Gasteiger partial charge >= 0.3 is 6.61 Å².